The Kier molecular flexibility index (Phi) is 17.8. The lowest BCUT2D eigenvalue weighted by molar-refractivity contribution is -0.143. The number of amides is 5. The van der Waals surface area contributed by atoms with Gasteiger partial charge in [-0.25, -0.2) is 4.79 Å². The maximum atomic E-state index is 15.0. The van der Waals surface area contributed by atoms with Crippen LogP contribution >= 0.6 is 35.3 Å². The standard InChI is InChI=1S/C48H59N9O16S3/c1-46(2)31(43(68)69)55-39(74-46)28(52-34(61)25(49)19-7-13-22(58)14-8-19)37(64)50-26(20-9-15-23(59)16-10-20)35(62)53-29(40-56-32(44(70)71)47(3,4)75-40)38(65)51-27(21-11-17-24(60)18-12-21)36(63)54-30(42(66)67)41-57-33(45(72)73)48(5,6)76-41/h7-18,25-33,39-41,55-60H,49H2,1-6H3,(H,50,64)(H,51,65)(H,52,61)(H,53,62)(H,54,63)(H,66,67)(H,68,69)(H,70,71)(H,72,73)/t25-,26-,27-,28?,29?,30?,31+,32?,33?,39?,40?,41?/m1/s1. The van der Waals surface area contributed by atoms with E-state index in [0.29, 0.717) is 0 Å². The van der Waals surface area contributed by atoms with Gasteiger partial charge >= 0.3 is 23.9 Å². The number of phenols is 3. The zero-order valence-corrected chi connectivity index (χ0v) is 43.9. The molecule has 8 unspecified atom stereocenters. The molecule has 0 aromatic heterocycles. The van der Waals surface area contributed by atoms with Crippen molar-refractivity contribution in [2.75, 3.05) is 0 Å². The van der Waals surface area contributed by atoms with Gasteiger partial charge < -0.3 is 68.1 Å². The molecule has 0 aliphatic carbocycles. The molecule has 0 radical (unpaired) electrons. The molecular weight excluding hydrogens is 1050 g/mol. The molecule has 3 aliphatic heterocycles. The number of rotatable bonds is 20. The van der Waals surface area contributed by atoms with E-state index >= 15 is 0 Å². The van der Waals surface area contributed by atoms with Gasteiger partial charge in [0.05, 0.1) is 16.1 Å². The molecule has 0 bridgehead atoms. The lowest BCUT2D eigenvalue weighted by Gasteiger charge is -2.31. The number of aliphatic carboxylic acids is 4. The number of nitrogens with one attached hydrogen (secondary N) is 8. The minimum absolute atomic E-state index is 0.0204. The highest BCUT2D eigenvalue weighted by atomic mass is 32.2. The summed E-state index contributed by atoms with van der Waals surface area (Å²) in [5.74, 6) is -11.6. The predicted molar refractivity (Wildman–Crippen MR) is 276 cm³/mol. The fourth-order valence-electron chi connectivity index (χ4n) is 8.75. The zero-order chi connectivity index (χ0) is 56.4. The van der Waals surface area contributed by atoms with Crippen LogP contribution in [-0.2, 0) is 43.2 Å². The first-order chi connectivity index (χ1) is 35.4. The summed E-state index contributed by atoms with van der Waals surface area (Å²) in [5, 5.41) is 88.0. The van der Waals surface area contributed by atoms with Crippen molar-refractivity contribution in [2.45, 2.75) is 126 Å². The second kappa shape index (κ2) is 23.2. The molecule has 28 heteroatoms. The van der Waals surface area contributed by atoms with Gasteiger partial charge in [-0.3, -0.25) is 54.3 Å². The molecule has 3 aliphatic rings. The lowest BCUT2D eigenvalue weighted by atomic mass is 10.0. The van der Waals surface area contributed by atoms with E-state index in [1.807, 2.05) is 0 Å². The number of thioether (sulfide) groups is 3. The van der Waals surface area contributed by atoms with Crippen molar-refractivity contribution in [1.82, 2.24) is 42.5 Å². The van der Waals surface area contributed by atoms with E-state index in [1.54, 1.807) is 41.5 Å². The number of benzene rings is 3. The number of hydrogen-bond acceptors (Lipinski definition) is 19. The van der Waals surface area contributed by atoms with E-state index in [9.17, 15) is 78.9 Å². The average molecular weight is 1110 g/mol. The Labute approximate surface area is 447 Å². The van der Waals surface area contributed by atoms with Crippen LogP contribution < -0.4 is 48.3 Å². The van der Waals surface area contributed by atoms with Crippen LogP contribution in [0.15, 0.2) is 72.8 Å². The number of hydrogen-bond donors (Lipinski definition) is 16. The summed E-state index contributed by atoms with van der Waals surface area (Å²) in [6, 6.07) is 0.671. The van der Waals surface area contributed by atoms with Crippen molar-refractivity contribution in [3.63, 3.8) is 0 Å². The van der Waals surface area contributed by atoms with Crippen LogP contribution in [0.1, 0.15) is 76.4 Å². The summed E-state index contributed by atoms with van der Waals surface area (Å²) >= 11 is 2.84. The fraction of sp³-hybridized carbons (Fsp3) is 0.438. The van der Waals surface area contributed by atoms with E-state index in [0.717, 1.165) is 35.3 Å². The van der Waals surface area contributed by atoms with E-state index < -0.39 is 138 Å². The number of carboxylic acids is 4. The van der Waals surface area contributed by atoms with Gasteiger partial charge in [0.15, 0.2) is 6.04 Å². The van der Waals surface area contributed by atoms with Gasteiger partial charge in [-0.1, -0.05) is 36.4 Å². The Morgan fingerprint density at radius 2 is 0.711 bits per heavy atom. The average Bonchev–Trinajstić information content (AvgIpc) is 3.97. The fourth-order valence-corrected chi connectivity index (χ4v) is 13.2. The third kappa shape index (κ3) is 13.4. The van der Waals surface area contributed by atoms with Crippen LogP contribution in [0.5, 0.6) is 17.2 Å². The molecule has 25 nitrogen and oxygen atoms in total. The molecule has 12 atom stereocenters. The van der Waals surface area contributed by atoms with Crippen LogP contribution in [0.4, 0.5) is 0 Å². The molecule has 3 fully saturated rings. The SMILES string of the molecule is CC1(C)SC(C(NC(=O)[C@H](NC(=O)C(NC(=O)[C@H](NC(=O)C(NC(=O)[C@H](N)c2ccc(O)cc2)C2N[C@@H](C(=O)O)C(C)(C)S2)c2ccc(O)cc2)C2NC(C(=O)O)C(C)(C)S2)c2ccc(O)cc2)C(=O)O)NC1C(=O)O. The van der Waals surface area contributed by atoms with E-state index in [-0.39, 0.29) is 33.9 Å². The summed E-state index contributed by atoms with van der Waals surface area (Å²) in [6.45, 7) is 9.42. The third-order valence-electron chi connectivity index (χ3n) is 12.8. The van der Waals surface area contributed by atoms with Crippen molar-refractivity contribution < 1.29 is 78.9 Å². The van der Waals surface area contributed by atoms with Gasteiger partial charge in [-0.05, 0) is 94.6 Å². The Balaban J connectivity index is 1.37. The van der Waals surface area contributed by atoms with E-state index in [4.69, 9.17) is 5.73 Å². The Bertz CT molecular complexity index is 2730. The summed E-state index contributed by atoms with van der Waals surface area (Å²) in [5.41, 5.74) is 6.47. The zero-order valence-electron chi connectivity index (χ0n) is 41.5. The van der Waals surface area contributed by atoms with Crippen molar-refractivity contribution in [3.8, 4) is 17.2 Å². The van der Waals surface area contributed by atoms with Gasteiger partial charge in [0.1, 0.15) is 65.6 Å². The van der Waals surface area contributed by atoms with Gasteiger partial charge in [-0.2, -0.15) is 0 Å². The molecule has 0 spiro atoms. The summed E-state index contributed by atoms with van der Waals surface area (Å²) < 4.78 is -3.32. The Morgan fingerprint density at radius 1 is 0.434 bits per heavy atom. The third-order valence-corrected chi connectivity index (χ3v) is 17.3. The number of nitrogens with two attached hydrogens (primary N) is 1. The van der Waals surface area contributed by atoms with Crippen LogP contribution in [0, 0.1) is 0 Å². The van der Waals surface area contributed by atoms with E-state index in [1.165, 1.54) is 72.8 Å². The highest BCUT2D eigenvalue weighted by molar-refractivity contribution is 8.02. The van der Waals surface area contributed by atoms with Crippen LogP contribution in [0.3, 0.4) is 0 Å². The molecular formula is C48H59N9O16S3. The molecule has 3 saturated heterocycles. The minimum Gasteiger partial charge on any atom is -0.508 e. The van der Waals surface area contributed by atoms with Crippen molar-refractivity contribution in [1.29, 1.82) is 0 Å². The largest absolute Gasteiger partial charge is 0.508 e. The van der Waals surface area contributed by atoms with Crippen LogP contribution in [0.2, 0.25) is 0 Å². The molecule has 0 saturated carbocycles. The summed E-state index contributed by atoms with van der Waals surface area (Å²) in [6.07, 6.45) is 0. The first-order valence-electron chi connectivity index (χ1n) is 23.3. The number of carboxylic acid groups (broad SMARTS) is 4. The summed E-state index contributed by atoms with van der Waals surface area (Å²) in [4.78, 5) is 123. The van der Waals surface area contributed by atoms with Gasteiger partial charge in [0, 0.05) is 14.2 Å². The van der Waals surface area contributed by atoms with Crippen LogP contribution in [0.25, 0.3) is 0 Å². The van der Waals surface area contributed by atoms with Gasteiger partial charge in [0.2, 0.25) is 29.5 Å². The number of phenolic OH excluding ortho intramolecular Hbond substituents is 3. The highest BCUT2D eigenvalue weighted by Crippen LogP contribution is 2.42. The topological polar surface area (TPSA) is 418 Å². The van der Waals surface area contributed by atoms with E-state index in [2.05, 4.69) is 42.5 Å². The molecule has 6 rings (SSSR count). The van der Waals surface area contributed by atoms with Crippen molar-refractivity contribution in [2.24, 2.45) is 5.73 Å². The molecule has 3 aromatic rings. The smallest absolute Gasteiger partial charge is 0.328 e. The Morgan fingerprint density at radius 3 is 1.00 bits per heavy atom. The van der Waals surface area contributed by atoms with Crippen molar-refractivity contribution in [3.05, 3.63) is 89.5 Å². The number of carbonyl (C=O) groups is 9. The van der Waals surface area contributed by atoms with Gasteiger partial charge in [0.25, 0.3) is 0 Å². The van der Waals surface area contributed by atoms with Crippen molar-refractivity contribution >= 4 is 88.7 Å². The second-order valence-electron chi connectivity index (χ2n) is 19.7. The molecule has 3 heterocycles. The lowest BCUT2D eigenvalue weighted by Crippen LogP contribution is -2.61. The maximum absolute atomic E-state index is 15.0. The predicted octanol–water partition coefficient (Wildman–Crippen LogP) is -0.260. The molecule has 17 N–H and O–H groups in total. The Hall–Kier alpha value is -6.82. The second-order valence-corrected chi connectivity index (χ2v) is 25.1. The van der Waals surface area contributed by atoms with Gasteiger partial charge in [-0.15, -0.1) is 35.3 Å². The normalized spacial score (nSPS) is 24.5. The molecule has 3 aromatic carbocycles. The first-order valence-corrected chi connectivity index (χ1v) is 25.9. The molecule has 5 amide bonds. The minimum atomic E-state index is -1.87. The monoisotopic (exact) mass is 1110 g/mol. The molecule has 410 valence electrons. The molecule has 76 heavy (non-hydrogen) atoms. The maximum Gasteiger partial charge on any atom is 0.328 e. The van der Waals surface area contributed by atoms with Crippen LogP contribution in [-0.4, -0.2) is 156 Å². The quantitative estimate of drug-likeness (QED) is 0.0693. The highest BCUT2D eigenvalue weighted by Gasteiger charge is 2.53. The number of carbonyl (C=O) groups excluding carboxylic acids is 5. The first kappa shape index (κ1) is 58.4. The number of aromatic hydroxyl groups is 3. The summed E-state index contributed by atoms with van der Waals surface area (Å²) in [7, 11) is 0.